The van der Waals surface area contributed by atoms with Crippen molar-refractivity contribution in [1.29, 1.82) is 0 Å². The lowest BCUT2D eigenvalue weighted by Gasteiger charge is -2.23. The fourth-order valence-electron chi connectivity index (χ4n) is 2.96. The molecule has 2 aromatic carbocycles. The summed E-state index contributed by atoms with van der Waals surface area (Å²) in [6, 6.07) is 20.9. The highest BCUT2D eigenvalue weighted by Gasteiger charge is 2.10. The fourth-order valence-corrected chi connectivity index (χ4v) is 2.96. The maximum absolute atomic E-state index is 4.65. The number of aromatic nitrogens is 2. The van der Waals surface area contributed by atoms with Crippen molar-refractivity contribution in [2.45, 2.75) is 33.9 Å². The fraction of sp³-hybridized carbons (Fsp3) is 0.273. The lowest BCUT2D eigenvalue weighted by Crippen LogP contribution is -2.23. The van der Waals surface area contributed by atoms with Crippen molar-refractivity contribution in [3.8, 4) is 0 Å². The minimum absolute atomic E-state index is 0.757. The van der Waals surface area contributed by atoms with Crippen LogP contribution in [0.15, 0.2) is 60.7 Å². The van der Waals surface area contributed by atoms with E-state index < -0.39 is 0 Å². The summed E-state index contributed by atoms with van der Waals surface area (Å²) in [6.07, 6.45) is 0. The van der Waals surface area contributed by atoms with Crippen LogP contribution in [0.2, 0.25) is 0 Å². The number of anilines is 2. The van der Waals surface area contributed by atoms with Gasteiger partial charge in [-0.3, -0.25) is 0 Å². The predicted molar refractivity (Wildman–Crippen MR) is 108 cm³/mol. The van der Waals surface area contributed by atoms with E-state index >= 15 is 0 Å². The summed E-state index contributed by atoms with van der Waals surface area (Å²) in [5.41, 5.74) is 3.84. The Morgan fingerprint density at radius 1 is 0.923 bits per heavy atom. The first kappa shape index (κ1) is 17.9. The lowest BCUT2D eigenvalue weighted by molar-refractivity contribution is 0.804. The van der Waals surface area contributed by atoms with E-state index in [2.05, 4.69) is 82.6 Å². The van der Waals surface area contributed by atoms with Crippen LogP contribution in [-0.4, -0.2) is 16.5 Å². The molecule has 0 radical (unpaired) electrons. The molecule has 4 nitrogen and oxygen atoms in total. The summed E-state index contributed by atoms with van der Waals surface area (Å²) in [5.74, 6) is 2.60. The summed E-state index contributed by atoms with van der Waals surface area (Å²) in [4.78, 5) is 11.5. The molecule has 0 amide bonds. The molecule has 134 valence electrons. The third kappa shape index (κ3) is 4.60. The van der Waals surface area contributed by atoms with Crippen LogP contribution in [0.3, 0.4) is 0 Å². The van der Waals surface area contributed by atoms with Gasteiger partial charge in [-0.1, -0.05) is 54.6 Å². The summed E-state index contributed by atoms with van der Waals surface area (Å²) in [6.45, 7) is 8.72. The van der Waals surface area contributed by atoms with Crippen molar-refractivity contribution < 1.29 is 0 Å². The molecule has 0 bridgehead atoms. The van der Waals surface area contributed by atoms with Crippen LogP contribution in [0.25, 0.3) is 0 Å². The first-order chi connectivity index (χ1) is 12.7. The molecule has 0 fully saturated rings. The zero-order chi connectivity index (χ0) is 18.4. The average molecular weight is 346 g/mol. The maximum Gasteiger partial charge on any atom is 0.134 e. The minimum Gasteiger partial charge on any atom is -0.366 e. The zero-order valence-electron chi connectivity index (χ0n) is 15.7. The normalized spacial score (nSPS) is 10.6. The maximum atomic E-state index is 4.65. The Labute approximate surface area is 155 Å². The van der Waals surface area contributed by atoms with E-state index in [1.165, 1.54) is 16.7 Å². The van der Waals surface area contributed by atoms with Crippen LogP contribution >= 0.6 is 0 Å². The number of nitrogens with zero attached hydrogens (tertiary/aromatic N) is 3. The van der Waals surface area contributed by atoms with E-state index in [1.54, 1.807) is 0 Å². The molecule has 3 rings (SSSR count). The van der Waals surface area contributed by atoms with Crippen molar-refractivity contribution >= 4 is 11.6 Å². The number of nitrogens with one attached hydrogen (secondary N) is 1. The van der Waals surface area contributed by atoms with Crippen molar-refractivity contribution in [1.82, 2.24) is 9.97 Å². The average Bonchev–Trinajstić information content (AvgIpc) is 2.66. The van der Waals surface area contributed by atoms with E-state index in [9.17, 15) is 0 Å². The van der Waals surface area contributed by atoms with E-state index in [0.717, 1.165) is 37.1 Å². The van der Waals surface area contributed by atoms with E-state index in [0.29, 0.717) is 0 Å². The van der Waals surface area contributed by atoms with E-state index in [-0.39, 0.29) is 0 Å². The van der Waals surface area contributed by atoms with Gasteiger partial charge in [-0.05, 0) is 37.5 Å². The van der Waals surface area contributed by atoms with Crippen LogP contribution in [0, 0.1) is 13.8 Å². The Morgan fingerprint density at radius 2 is 1.65 bits per heavy atom. The van der Waals surface area contributed by atoms with E-state index in [4.69, 9.17) is 0 Å². The van der Waals surface area contributed by atoms with Crippen molar-refractivity contribution in [2.24, 2.45) is 0 Å². The molecule has 0 saturated carbocycles. The molecular weight excluding hydrogens is 320 g/mol. The smallest absolute Gasteiger partial charge is 0.134 e. The largest absolute Gasteiger partial charge is 0.366 e. The molecule has 0 atom stereocenters. The van der Waals surface area contributed by atoms with Gasteiger partial charge < -0.3 is 10.2 Å². The molecule has 0 saturated heterocycles. The zero-order valence-corrected chi connectivity index (χ0v) is 15.7. The van der Waals surface area contributed by atoms with Gasteiger partial charge >= 0.3 is 0 Å². The number of hydrogen-bond donors (Lipinski definition) is 1. The van der Waals surface area contributed by atoms with Gasteiger partial charge in [-0.2, -0.15) is 0 Å². The van der Waals surface area contributed by atoms with Crippen LogP contribution in [0.4, 0.5) is 11.6 Å². The van der Waals surface area contributed by atoms with Gasteiger partial charge in [0.25, 0.3) is 0 Å². The highest BCUT2D eigenvalue weighted by Crippen LogP contribution is 2.19. The minimum atomic E-state index is 0.757. The first-order valence-corrected chi connectivity index (χ1v) is 9.08. The second-order valence-corrected chi connectivity index (χ2v) is 6.44. The summed E-state index contributed by atoms with van der Waals surface area (Å²) in [7, 11) is 0. The third-order valence-corrected chi connectivity index (χ3v) is 4.47. The quantitative estimate of drug-likeness (QED) is 0.671. The Bertz CT molecular complexity index is 846. The summed E-state index contributed by atoms with van der Waals surface area (Å²) >= 11 is 0. The first-order valence-electron chi connectivity index (χ1n) is 9.08. The van der Waals surface area contributed by atoms with Crippen molar-refractivity contribution in [3.63, 3.8) is 0 Å². The summed E-state index contributed by atoms with van der Waals surface area (Å²) in [5, 5.41) is 3.45. The molecule has 0 unspecified atom stereocenters. The topological polar surface area (TPSA) is 41.0 Å². The van der Waals surface area contributed by atoms with Gasteiger partial charge in [0.05, 0.1) is 0 Å². The Hall–Kier alpha value is -2.88. The predicted octanol–water partition coefficient (Wildman–Crippen LogP) is 4.73. The number of hydrogen-bond acceptors (Lipinski definition) is 4. The van der Waals surface area contributed by atoms with Gasteiger partial charge in [0.1, 0.15) is 17.5 Å². The Morgan fingerprint density at radius 3 is 2.38 bits per heavy atom. The number of rotatable bonds is 7. The monoisotopic (exact) mass is 346 g/mol. The molecule has 4 heteroatoms. The van der Waals surface area contributed by atoms with Crippen molar-refractivity contribution in [3.05, 3.63) is 83.2 Å². The third-order valence-electron chi connectivity index (χ3n) is 4.47. The standard InChI is InChI=1S/C22H26N4/c1-4-26(16-19-11-6-5-7-12-19)22-14-21(24-18(3)25-22)23-15-20-13-9-8-10-17(20)2/h5-14H,4,15-16H2,1-3H3,(H,23,24,25). The molecule has 26 heavy (non-hydrogen) atoms. The highest BCUT2D eigenvalue weighted by molar-refractivity contribution is 5.50. The molecule has 1 aromatic heterocycles. The number of aryl methyl sites for hydroxylation is 2. The molecule has 1 N–H and O–H groups in total. The van der Waals surface area contributed by atoms with Gasteiger partial charge in [0.15, 0.2) is 0 Å². The second-order valence-electron chi connectivity index (χ2n) is 6.44. The Kier molecular flexibility index (Phi) is 5.84. The van der Waals surface area contributed by atoms with E-state index in [1.807, 2.05) is 19.1 Å². The van der Waals surface area contributed by atoms with Gasteiger partial charge in [0, 0.05) is 25.7 Å². The molecule has 3 aromatic rings. The molecule has 0 spiro atoms. The van der Waals surface area contributed by atoms with Gasteiger partial charge in [0.2, 0.25) is 0 Å². The highest BCUT2D eigenvalue weighted by atomic mass is 15.2. The van der Waals surface area contributed by atoms with Crippen molar-refractivity contribution in [2.75, 3.05) is 16.8 Å². The van der Waals surface area contributed by atoms with Crippen LogP contribution in [-0.2, 0) is 13.1 Å². The summed E-state index contributed by atoms with van der Waals surface area (Å²) < 4.78 is 0. The van der Waals surface area contributed by atoms with Gasteiger partial charge in [-0.15, -0.1) is 0 Å². The second kappa shape index (κ2) is 8.48. The Balaban J connectivity index is 1.76. The molecule has 0 aliphatic heterocycles. The molecule has 0 aliphatic rings. The van der Waals surface area contributed by atoms with Gasteiger partial charge in [-0.25, -0.2) is 9.97 Å². The van der Waals surface area contributed by atoms with Crippen LogP contribution in [0.5, 0.6) is 0 Å². The van der Waals surface area contributed by atoms with Crippen LogP contribution in [0.1, 0.15) is 29.4 Å². The number of benzene rings is 2. The molecule has 0 aliphatic carbocycles. The lowest BCUT2D eigenvalue weighted by atomic mass is 10.1. The van der Waals surface area contributed by atoms with Crippen LogP contribution < -0.4 is 10.2 Å². The molecule has 1 heterocycles. The molecular formula is C22H26N4. The SMILES string of the molecule is CCN(Cc1ccccc1)c1cc(NCc2ccccc2C)nc(C)n1.